The van der Waals surface area contributed by atoms with E-state index < -0.39 is 18.9 Å². The maximum absolute atomic E-state index is 14.9. The van der Waals surface area contributed by atoms with Crippen LogP contribution in [0.25, 0.3) is 0 Å². The van der Waals surface area contributed by atoms with Gasteiger partial charge in [0.25, 0.3) is 0 Å². The van der Waals surface area contributed by atoms with Crippen LogP contribution in [-0.2, 0) is 10.1 Å². The highest BCUT2D eigenvalue weighted by molar-refractivity contribution is 7.73. The minimum Gasteiger partial charge on any atom is -0.387 e. The third-order valence-corrected chi connectivity index (χ3v) is 10.6. The second kappa shape index (κ2) is 8.01. The van der Waals surface area contributed by atoms with E-state index in [1.165, 1.54) is 0 Å². The molecule has 1 aliphatic heterocycles. The molecule has 5 atom stereocenters. The third-order valence-electron chi connectivity index (χ3n) is 7.23. The zero-order valence-corrected chi connectivity index (χ0v) is 19.3. The molecule has 1 unspecified atom stereocenters. The van der Waals surface area contributed by atoms with Crippen molar-refractivity contribution in [1.82, 2.24) is 4.67 Å². The van der Waals surface area contributed by atoms with Crippen molar-refractivity contribution in [3.8, 4) is 0 Å². The fraction of sp³-hybridized carbons (Fsp3) is 0.214. The molecule has 1 N–H and O–H groups in total. The van der Waals surface area contributed by atoms with Gasteiger partial charge in [-0.1, -0.05) is 97.1 Å². The molecule has 0 spiro atoms. The fourth-order valence-corrected chi connectivity index (χ4v) is 8.77. The minimum atomic E-state index is -3.07. The lowest BCUT2D eigenvalue weighted by Gasteiger charge is -2.37. The van der Waals surface area contributed by atoms with Crippen molar-refractivity contribution in [2.45, 2.75) is 18.6 Å². The largest absolute Gasteiger partial charge is 0.387 e. The van der Waals surface area contributed by atoms with Crippen molar-refractivity contribution >= 4 is 12.6 Å². The first-order valence-corrected chi connectivity index (χ1v) is 12.7. The number of fused-ring (bicyclic) bond motifs is 1. The molecule has 32 heavy (non-hydrogen) atoms. The van der Waals surface area contributed by atoms with E-state index in [-0.39, 0.29) is 11.8 Å². The summed E-state index contributed by atoms with van der Waals surface area (Å²) in [6, 6.07) is 29.8. The predicted octanol–water partition coefficient (Wildman–Crippen LogP) is 5.87. The lowest BCUT2D eigenvalue weighted by Crippen LogP contribution is -2.39. The van der Waals surface area contributed by atoms with Gasteiger partial charge < -0.3 is 5.11 Å². The van der Waals surface area contributed by atoms with Gasteiger partial charge in [0.05, 0.1) is 11.6 Å². The van der Waals surface area contributed by atoms with Crippen molar-refractivity contribution in [2.75, 3.05) is 7.05 Å². The SMILES string of the molecule is CN1[C@](C)(c2ccccc2)[C@H]2C=C[C@@H]([C@H](O)c3ccccc3)C=C2P1(=O)c1ccccc1. The van der Waals surface area contributed by atoms with Crippen LogP contribution in [-0.4, -0.2) is 16.8 Å². The predicted molar refractivity (Wildman–Crippen MR) is 131 cm³/mol. The molecule has 162 valence electrons. The van der Waals surface area contributed by atoms with Gasteiger partial charge in [-0.15, -0.1) is 0 Å². The van der Waals surface area contributed by atoms with Crippen molar-refractivity contribution in [3.05, 3.63) is 126 Å². The Morgan fingerprint density at radius 1 is 0.875 bits per heavy atom. The molecular formula is C28H28NO2P. The average molecular weight is 442 g/mol. The van der Waals surface area contributed by atoms with Crippen LogP contribution in [0.1, 0.15) is 24.2 Å². The molecule has 1 saturated heterocycles. The molecule has 1 heterocycles. The Hall–Kier alpha value is -2.71. The molecule has 1 fully saturated rings. The summed E-state index contributed by atoms with van der Waals surface area (Å²) in [6.07, 6.45) is 5.64. The van der Waals surface area contributed by atoms with Crippen LogP contribution in [0.5, 0.6) is 0 Å². The van der Waals surface area contributed by atoms with Crippen LogP contribution in [0.3, 0.4) is 0 Å². The van der Waals surface area contributed by atoms with Crippen molar-refractivity contribution < 1.29 is 9.67 Å². The Balaban J connectivity index is 1.67. The van der Waals surface area contributed by atoms with E-state index in [0.29, 0.717) is 0 Å². The number of nitrogens with zero attached hydrogens (tertiary/aromatic N) is 1. The first kappa shape index (κ1) is 21.2. The van der Waals surface area contributed by atoms with Crippen LogP contribution in [0.15, 0.2) is 115 Å². The van der Waals surface area contributed by atoms with E-state index in [9.17, 15) is 9.67 Å². The highest BCUT2D eigenvalue weighted by atomic mass is 31.2. The highest BCUT2D eigenvalue weighted by Crippen LogP contribution is 2.72. The van der Waals surface area contributed by atoms with E-state index in [0.717, 1.165) is 21.7 Å². The highest BCUT2D eigenvalue weighted by Gasteiger charge is 2.59. The van der Waals surface area contributed by atoms with Gasteiger partial charge in [0.2, 0.25) is 7.29 Å². The van der Waals surface area contributed by atoms with Gasteiger partial charge >= 0.3 is 0 Å². The number of rotatable bonds is 4. The summed E-state index contributed by atoms with van der Waals surface area (Å²) >= 11 is 0. The van der Waals surface area contributed by atoms with Gasteiger partial charge in [-0.25, -0.2) is 4.67 Å². The van der Waals surface area contributed by atoms with Gasteiger partial charge in [-0.3, -0.25) is 4.57 Å². The lowest BCUT2D eigenvalue weighted by atomic mass is 9.76. The Morgan fingerprint density at radius 3 is 2.06 bits per heavy atom. The third kappa shape index (κ3) is 3.08. The number of aliphatic hydroxyl groups excluding tert-OH is 1. The second-order valence-corrected chi connectivity index (χ2v) is 11.6. The maximum atomic E-state index is 14.9. The van der Waals surface area contributed by atoms with E-state index in [2.05, 4.69) is 42.0 Å². The average Bonchev–Trinajstić information content (AvgIpc) is 3.05. The summed E-state index contributed by atoms with van der Waals surface area (Å²) in [5.74, 6) is -0.271. The molecule has 3 aromatic carbocycles. The van der Waals surface area contributed by atoms with E-state index in [1.807, 2.05) is 85.9 Å². The van der Waals surface area contributed by atoms with Crippen molar-refractivity contribution in [1.29, 1.82) is 0 Å². The van der Waals surface area contributed by atoms with Gasteiger partial charge in [0.1, 0.15) is 0 Å². The van der Waals surface area contributed by atoms with Gasteiger partial charge in [0.15, 0.2) is 0 Å². The van der Waals surface area contributed by atoms with Crippen LogP contribution in [0.4, 0.5) is 0 Å². The molecule has 3 nitrogen and oxygen atoms in total. The van der Waals surface area contributed by atoms with Gasteiger partial charge in [-0.05, 0) is 37.2 Å². The summed E-state index contributed by atoms with van der Waals surface area (Å²) < 4.78 is 17.0. The molecule has 3 aromatic rings. The molecule has 2 aliphatic rings. The quantitative estimate of drug-likeness (QED) is 0.407. The summed E-state index contributed by atoms with van der Waals surface area (Å²) in [4.78, 5) is 0. The Bertz CT molecular complexity index is 1210. The molecule has 0 aromatic heterocycles. The van der Waals surface area contributed by atoms with E-state index in [1.54, 1.807) is 0 Å². The zero-order valence-electron chi connectivity index (χ0n) is 18.4. The smallest absolute Gasteiger partial charge is 0.204 e. The monoisotopic (exact) mass is 441 g/mol. The minimum absolute atomic E-state index is 0.0415. The Kier molecular flexibility index (Phi) is 5.29. The molecule has 0 radical (unpaired) electrons. The van der Waals surface area contributed by atoms with E-state index >= 15 is 0 Å². The van der Waals surface area contributed by atoms with Crippen molar-refractivity contribution in [2.24, 2.45) is 11.8 Å². The molecule has 4 heteroatoms. The maximum Gasteiger partial charge on any atom is 0.204 e. The summed E-state index contributed by atoms with van der Waals surface area (Å²) in [5.41, 5.74) is 1.54. The Labute approximate surface area is 190 Å². The number of hydrogen-bond acceptors (Lipinski definition) is 2. The van der Waals surface area contributed by atoms with Gasteiger partial charge in [-0.2, -0.15) is 0 Å². The zero-order chi connectivity index (χ0) is 22.3. The van der Waals surface area contributed by atoms with Crippen molar-refractivity contribution in [3.63, 3.8) is 0 Å². The summed E-state index contributed by atoms with van der Waals surface area (Å²) in [6.45, 7) is 2.18. The number of hydrogen-bond donors (Lipinski definition) is 1. The molecule has 0 bridgehead atoms. The second-order valence-electron chi connectivity index (χ2n) is 8.84. The van der Waals surface area contributed by atoms with Crippen LogP contribution < -0.4 is 5.30 Å². The normalized spacial score (nSPS) is 30.5. The Morgan fingerprint density at radius 2 is 1.44 bits per heavy atom. The van der Waals surface area contributed by atoms with Gasteiger partial charge in [0, 0.05) is 22.5 Å². The molecular weight excluding hydrogens is 413 g/mol. The summed E-state index contributed by atoms with van der Waals surface area (Å²) in [5, 5.41) is 12.9. The molecule has 5 rings (SSSR count). The van der Waals surface area contributed by atoms with Crippen LogP contribution >= 0.6 is 7.29 Å². The molecule has 1 aliphatic carbocycles. The standard InChI is InChI=1S/C28H28NO2P/c1-28(23-14-8-4-9-15-23)25-19-18-22(27(30)21-12-6-3-7-13-21)20-26(25)32(31,29(28)2)24-16-10-5-11-17-24/h3-20,22,25,27,30H,1-2H3/t22-,25+,27-,28-,32?/m1/s1. The first-order chi connectivity index (χ1) is 15.5. The lowest BCUT2D eigenvalue weighted by molar-refractivity contribution is 0.148. The van der Waals surface area contributed by atoms with Crippen LogP contribution in [0.2, 0.25) is 0 Å². The van der Waals surface area contributed by atoms with E-state index in [4.69, 9.17) is 0 Å². The fourth-order valence-electron chi connectivity index (χ4n) is 5.29. The number of benzene rings is 3. The molecule has 0 saturated carbocycles. The number of aliphatic hydroxyl groups is 1. The van der Waals surface area contributed by atoms with Crippen LogP contribution in [0, 0.1) is 11.8 Å². The molecule has 0 amide bonds. The first-order valence-electron chi connectivity index (χ1n) is 11.1. The summed E-state index contributed by atoms with van der Waals surface area (Å²) in [7, 11) is -1.09. The topological polar surface area (TPSA) is 40.5 Å².